The van der Waals surface area contributed by atoms with Gasteiger partial charge in [0.25, 0.3) is 0 Å². The van der Waals surface area contributed by atoms with Crippen LogP contribution in [0.4, 0.5) is 0 Å². The molecule has 1 aliphatic carbocycles. The van der Waals surface area contributed by atoms with E-state index in [-0.39, 0.29) is 29.4 Å². The lowest BCUT2D eigenvalue weighted by Gasteiger charge is -2.35. The van der Waals surface area contributed by atoms with Crippen molar-refractivity contribution in [3.8, 4) is 0 Å². The summed E-state index contributed by atoms with van der Waals surface area (Å²) in [4.78, 5) is 10.7. The highest BCUT2D eigenvalue weighted by atomic mass is 127. The van der Waals surface area contributed by atoms with Crippen LogP contribution in [0.1, 0.15) is 55.6 Å². The van der Waals surface area contributed by atoms with Gasteiger partial charge in [-0.2, -0.15) is 4.98 Å². The number of aliphatic imine (C=N–C) groups is 1. The number of aromatic nitrogens is 2. The van der Waals surface area contributed by atoms with Crippen molar-refractivity contribution < 1.29 is 4.52 Å². The number of guanidine groups is 1. The first-order valence-corrected chi connectivity index (χ1v) is 10.5. The minimum Gasteiger partial charge on any atom is -0.357 e. The molecule has 2 heterocycles. The van der Waals surface area contributed by atoms with Crippen LogP contribution in [0, 0.1) is 6.92 Å². The van der Waals surface area contributed by atoms with E-state index in [9.17, 15) is 0 Å². The van der Waals surface area contributed by atoms with Crippen LogP contribution in [0.2, 0.25) is 0 Å². The van der Waals surface area contributed by atoms with Crippen LogP contribution in [0.3, 0.4) is 0 Å². The summed E-state index contributed by atoms with van der Waals surface area (Å²) >= 11 is 1.87. The molecule has 0 aromatic carbocycles. The average Bonchev–Trinajstić information content (AvgIpc) is 3.33. The quantitative estimate of drug-likeness (QED) is 0.339. The normalized spacial score (nSPS) is 16.6. The number of aryl methyl sites for hydroxylation is 1. The monoisotopic (exact) mass is 503 g/mol. The Hall–Kier alpha value is -1.16. The lowest BCUT2D eigenvalue weighted by molar-refractivity contribution is 0.306. The molecule has 1 saturated carbocycles. The molecule has 0 amide bonds. The third-order valence-corrected chi connectivity index (χ3v) is 6.06. The van der Waals surface area contributed by atoms with Crippen molar-refractivity contribution >= 4 is 41.3 Å². The van der Waals surface area contributed by atoms with Crippen molar-refractivity contribution in [3.05, 3.63) is 34.1 Å². The molecule has 2 aromatic rings. The fourth-order valence-electron chi connectivity index (χ4n) is 3.59. The van der Waals surface area contributed by atoms with Crippen molar-refractivity contribution in [2.75, 3.05) is 19.6 Å². The molecule has 0 bridgehead atoms. The molecule has 2 N–H and O–H groups in total. The molecule has 6 nitrogen and oxygen atoms in total. The molecule has 1 aliphatic rings. The van der Waals surface area contributed by atoms with E-state index in [0.29, 0.717) is 18.1 Å². The lowest BCUT2D eigenvalue weighted by atomic mass is 9.73. The number of nitrogens with one attached hydrogen (secondary N) is 2. The van der Waals surface area contributed by atoms with E-state index in [2.05, 4.69) is 45.2 Å². The molecule has 3 rings (SSSR count). The van der Waals surface area contributed by atoms with Gasteiger partial charge in [-0.3, -0.25) is 4.99 Å². The second-order valence-corrected chi connectivity index (χ2v) is 7.87. The first-order chi connectivity index (χ1) is 12.7. The van der Waals surface area contributed by atoms with E-state index in [1.165, 1.54) is 37.0 Å². The predicted octanol–water partition coefficient (Wildman–Crippen LogP) is 4.06. The number of hydrogen-bond donors (Lipinski definition) is 2. The fourth-order valence-corrected chi connectivity index (χ4v) is 4.57. The Morgan fingerprint density at radius 3 is 2.74 bits per heavy atom. The highest BCUT2D eigenvalue weighted by Crippen LogP contribution is 2.41. The van der Waals surface area contributed by atoms with Gasteiger partial charge in [0.05, 0.1) is 6.54 Å². The van der Waals surface area contributed by atoms with Crippen LogP contribution in [0.15, 0.2) is 27.0 Å². The molecule has 0 unspecified atom stereocenters. The maximum Gasteiger partial charge on any atom is 0.228 e. The number of rotatable bonds is 7. The Morgan fingerprint density at radius 2 is 2.11 bits per heavy atom. The minimum atomic E-state index is 0. The smallest absolute Gasteiger partial charge is 0.228 e. The number of hydrogen-bond acceptors (Lipinski definition) is 5. The summed E-state index contributed by atoms with van der Waals surface area (Å²) in [6, 6.07) is 4.44. The number of thiophene rings is 1. The Bertz CT molecular complexity index is 695. The second kappa shape index (κ2) is 11.0. The van der Waals surface area contributed by atoms with Gasteiger partial charge >= 0.3 is 0 Å². The van der Waals surface area contributed by atoms with Crippen LogP contribution >= 0.6 is 35.3 Å². The average molecular weight is 503 g/mol. The van der Waals surface area contributed by atoms with Crippen molar-refractivity contribution in [1.29, 1.82) is 0 Å². The zero-order valence-electron chi connectivity index (χ0n) is 16.2. The maximum atomic E-state index is 5.17. The summed E-state index contributed by atoms with van der Waals surface area (Å²) in [6.45, 7) is 6.33. The third-order valence-electron chi connectivity index (χ3n) is 4.94. The maximum absolute atomic E-state index is 5.17. The summed E-state index contributed by atoms with van der Waals surface area (Å²) in [7, 11) is 0. The highest BCUT2D eigenvalue weighted by molar-refractivity contribution is 14.0. The summed E-state index contributed by atoms with van der Waals surface area (Å²) in [5.74, 6) is 2.20. The Morgan fingerprint density at radius 1 is 1.30 bits per heavy atom. The van der Waals surface area contributed by atoms with Crippen LogP contribution in [0.5, 0.6) is 0 Å². The minimum absolute atomic E-state index is 0. The van der Waals surface area contributed by atoms with E-state index in [1.807, 2.05) is 18.3 Å². The van der Waals surface area contributed by atoms with Gasteiger partial charge in [0.15, 0.2) is 11.8 Å². The molecular weight excluding hydrogens is 473 g/mol. The molecule has 2 aromatic heterocycles. The standard InChI is InChI=1S/C19H29N5OS.HI/c1-3-20-18(21-12-9-17-23-15(2)24-25-17)22-14-19(10-5-4-6-11-19)16-8-7-13-26-16;/h7-8,13H,3-6,9-12,14H2,1-2H3,(H2,20,21,22);1H. The molecule has 0 aliphatic heterocycles. The molecule has 150 valence electrons. The Kier molecular flexibility index (Phi) is 9.01. The van der Waals surface area contributed by atoms with E-state index in [0.717, 1.165) is 25.6 Å². The zero-order chi connectivity index (χ0) is 18.2. The Balaban J connectivity index is 0.00000261. The molecule has 0 saturated heterocycles. The van der Waals surface area contributed by atoms with E-state index < -0.39 is 0 Å². The van der Waals surface area contributed by atoms with Crippen LogP contribution in [-0.4, -0.2) is 35.7 Å². The van der Waals surface area contributed by atoms with Crippen molar-refractivity contribution in [2.45, 2.75) is 57.8 Å². The van der Waals surface area contributed by atoms with Crippen LogP contribution < -0.4 is 10.6 Å². The largest absolute Gasteiger partial charge is 0.357 e. The van der Waals surface area contributed by atoms with Crippen molar-refractivity contribution in [1.82, 2.24) is 20.8 Å². The van der Waals surface area contributed by atoms with Gasteiger partial charge in [0.2, 0.25) is 5.89 Å². The number of nitrogens with zero attached hydrogens (tertiary/aromatic N) is 3. The molecule has 8 heteroatoms. The van der Waals surface area contributed by atoms with Crippen LogP contribution in [0.25, 0.3) is 0 Å². The van der Waals surface area contributed by atoms with E-state index in [1.54, 1.807) is 0 Å². The third kappa shape index (κ3) is 6.17. The van der Waals surface area contributed by atoms with Gasteiger partial charge in [-0.05, 0) is 38.1 Å². The summed E-state index contributed by atoms with van der Waals surface area (Å²) in [5.41, 5.74) is 0.207. The second-order valence-electron chi connectivity index (χ2n) is 6.93. The first kappa shape index (κ1) is 22.1. The number of halogens is 1. The lowest BCUT2D eigenvalue weighted by Crippen LogP contribution is -2.40. The molecule has 1 fully saturated rings. The Labute approximate surface area is 182 Å². The molecule has 0 spiro atoms. The molecule has 0 atom stereocenters. The van der Waals surface area contributed by atoms with Crippen LogP contribution in [-0.2, 0) is 11.8 Å². The van der Waals surface area contributed by atoms with Gasteiger partial charge in [0.1, 0.15) is 0 Å². The topological polar surface area (TPSA) is 75.3 Å². The van der Waals surface area contributed by atoms with Gasteiger partial charge in [-0.1, -0.05) is 30.5 Å². The van der Waals surface area contributed by atoms with Gasteiger partial charge < -0.3 is 15.2 Å². The van der Waals surface area contributed by atoms with Gasteiger partial charge in [-0.25, -0.2) is 0 Å². The fraction of sp³-hybridized carbons (Fsp3) is 0.632. The van der Waals surface area contributed by atoms with Crippen molar-refractivity contribution in [3.63, 3.8) is 0 Å². The first-order valence-electron chi connectivity index (χ1n) is 9.57. The molecule has 27 heavy (non-hydrogen) atoms. The molecule has 0 radical (unpaired) electrons. The van der Waals surface area contributed by atoms with Gasteiger partial charge in [-0.15, -0.1) is 35.3 Å². The van der Waals surface area contributed by atoms with E-state index in [4.69, 9.17) is 9.52 Å². The zero-order valence-corrected chi connectivity index (χ0v) is 19.3. The summed E-state index contributed by atoms with van der Waals surface area (Å²) in [6.07, 6.45) is 7.11. The highest BCUT2D eigenvalue weighted by Gasteiger charge is 2.34. The van der Waals surface area contributed by atoms with E-state index >= 15 is 0 Å². The van der Waals surface area contributed by atoms with Gasteiger partial charge in [0, 0.05) is 29.8 Å². The summed E-state index contributed by atoms with van der Waals surface area (Å²) in [5, 5.41) is 12.8. The summed E-state index contributed by atoms with van der Waals surface area (Å²) < 4.78 is 5.17. The van der Waals surface area contributed by atoms with Crippen molar-refractivity contribution in [2.24, 2.45) is 4.99 Å². The molecular formula is C19H30IN5OS. The SMILES string of the molecule is CCNC(=NCC1(c2cccs2)CCCCC1)NCCc1nc(C)no1.I. The predicted molar refractivity (Wildman–Crippen MR) is 121 cm³/mol.